The van der Waals surface area contributed by atoms with E-state index in [2.05, 4.69) is 0 Å². The van der Waals surface area contributed by atoms with Crippen molar-refractivity contribution in [2.75, 3.05) is 18.6 Å². The lowest BCUT2D eigenvalue weighted by molar-refractivity contribution is -0.157. The van der Waals surface area contributed by atoms with Crippen molar-refractivity contribution in [3.63, 3.8) is 0 Å². The van der Waals surface area contributed by atoms with E-state index in [1.165, 1.54) is 11.8 Å². The number of likely N-dealkylation sites (N-methyl/N-ethyl adjacent to an activating group) is 1. The molecule has 3 atom stereocenters. The zero-order chi connectivity index (χ0) is 21.6. The molecule has 0 aromatic heterocycles. The van der Waals surface area contributed by atoms with Crippen LogP contribution in [0.1, 0.15) is 35.7 Å². The topological polar surface area (TPSA) is 101 Å². The van der Waals surface area contributed by atoms with E-state index >= 15 is 0 Å². The number of rotatable bonds is 5. The Hall–Kier alpha value is -3.29. The predicted octanol–water partition coefficient (Wildman–Crippen LogP) is 1.27. The Labute approximate surface area is 173 Å². The molecule has 1 aliphatic carbocycles. The molecule has 0 spiro atoms. The molecule has 30 heavy (non-hydrogen) atoms. The van der Waals surface area contributed by atoms with Gasteiger partial charge in [0.05, 0.1) is 18.3 Å². The number of allylic oxidation sites excluding steroid dienone is 2. The summed E-state index contributed by atoms with van der Waals surface area (Å²) in [4.78, 5) is 64.4. The highest BCUT2D eigenvalue weighted by molar-refractivity contribution is 6.08. The Morgan fingerprint density at radius 2 is 1.73 bits per heavy atom. The van der Waals surface area contributed by atoms with Gasteiger partial charge in [-0.05, 0) is 43.5 Å². The number of nitrogens with zero attached hydrogens (tertiary/aromatic N) is 2. The predicted molar refractivity (Wildman–Crippen MR) is 106 cm³/mol. The fraction of sp³-hybridized carbons (Fsp3) is 0.409. The fourth-order valence-corrected chi connectivity index (χ4v) is 4.30. The van der Waals surface area contributed by atoms with Crippen molar-refractivity contribution in [2.45, 2.75) is 32.2 Å². The van der Waals surface area contributed by atoms with E-state index in [4.69, 9.17) is 4.74 Å². The van der Waals surface area contributed by atoms with Crippen molar-refractivity contribution >= 4 is 35.2 Å². The van der Waals surface area contributed by atoms with Crippen LogP contribution in [0.25, 0.3) is 0 Å². The number of esters is 1. The summed E-state index contributed by atoms with van der Waals surface area (Å²) in [5.74, 6) is -2.84. The van der Waals surface area contributed by atoms with Crippen molar-refractivity contribution in [1.29, 1.82) is 0 Å². The van der Waals surface area contributed by atoms with E-state index in [0.29, 0.717) is 18.4 Å². The van der Waals surface area contributed by atoms with Gasteiger partial charge in [-0.15, -0.1) is 0 Å². The van der Waals surface area contributed by atoms with Crippen LogP contribution in [0, 0.1) is 11.8 Å². The smallest absolute Gasteiger partial charge is 0.329 e. The number of carbonyl (C=O) groups is 5. The monoisotopic (exact) mass is 410 g/mol. The minimum Gasteiger partial charge on any atom is -0.456 e. The van der Waals surface area contributed by atoms with Gasteiger partial charge in [0.15, 0.2) is 12.4 Å². The number of Topliss-reactive ketones (excluding diaryl/α,β-unsaturated/α-hetero) is 1. The van der Waals surface area contributed by atoms with E-state index in [-0.39, 0.29) is 24.1 Å². The first kappa shape index (κ1) is 20.0. The van der Waals surface area contributed by atoms with Gasteiger partial charge < -0.3 is 9.64 Å². The summed E-state index contributed by atoms with van der Waals surface area (Å²) < 4.78 is 5.12. The average Bonchev–Trinajstić information content (AvgIpc) is 3.18. The lowest BCUT2D eigenvalue weighted by Crippen LogP contribution is -2.44. The SMILES string of the molecule is C[C@@H](C(=O)OCC(=O)c1ccc2c(c1)CC(=O)N2C)N1C(=O)[C@H]2CC=CC[C@@H]2C1=O. The second-order valence-corrected chi connectivity index (χ2v) is 7.88. The number of hydrogen-bond donors (Lipinski definition) is 0. The Balaban J connectivity index is 1.38. The van der Waals surface area contributed by atoms with Crippen LogP contribution in [-0.2, 0) is 30.3 Å². The number of amides is 3. The van der Waals surface area contributed by atoms with Gasteiger partial charge >= 0.3 is 5.97 Å². The zero-order valence-electron chi connectivity index (χ0n) is 16.8. The molecule has 3 amide bonds. The highest BCUT2D eigenvalue weighted by Gasteiger charge is 2.50. The number of ketones is 1. The van der Waals surface area contributed by atoms with Crippen LogP contribution in [0.15, 0.2) is 30.4 Å². The molecule has 1 fully saturated rings. The van der Waals surface area contributed by atoms with Crippen LogP contribution in [-0.4, -0.2) is 54.1 Å². The minimum atomic E-state index is -1.09. The second-order valence-electron chi connectivity index (χ2n) is 7.88. The fourth-order valence-electron chi connectivity index (χ4n) is 4.30. The first-order chi connectivity index (χ1) is 14.3. The number of benzene rings is 1. The minimum absolute atomic E-state index is 0.0504. The molecule has 1 aromatic carbocycles. The lowest BCUT2D eigenvalue weighted by Gasteiger charge is -2.21. The maximum atomic E-state index is 12.6. The summed E-state index contributed by atoms with van der Waals surface area (Å²) in [6, 6.07) is 3.81. The number of hydrogen-bond acceptors (Lipinski definition) is 6. The van der Waals surface area contributed by atoms with Crippen LogP contribution >= 0.6 is 0 Å². The van der Waals surface area contributed by atoms with E-state index in [1.54, 1.807) is 25.2 Å². The maximum absolute atomic E-state index is 12.6. The highest BCUT2D eigenvalue weighted by atomic mass is 16.5. The van der Waals surface area contributed by atoms with Gasteiger partial charge in [-0.2, -0.15) is 0 Å². The first-order valence-electron chi connectivity index (χ1n) is 9.90. The first-order valence-corrected chi connectivity index (χ1v) is 9.90. The normalized spacial score (nSPS) is 23.5. The molecule has 1 aromatic rings. The van der Waals surface area contributed by atoms with Crippen LogP contribution in [0.4, 0.5) is 5.69 Å². The molecule has 0 saturated carbocycles. The summed E-state index contributed by atoms with van der Waals surface area (Å²) in [6.45, 7) is 0.931. The molecule has 1 saturated heterocycles. The van der Waals surface area contributed by atoms with Crippen LogP contribution in [0.5, 0.6) is 0 Å². The number of anilines is 1. The molecular weight excluding hydrogens is 388 g/mol. The number of carbonyl (C=O) groups excluding carboxylic acids is 5. The third-order valence-electron chi connectivity index (χ3n) is 6.09. The molecule has 0 N–H and O–H groups in total. The number of ether oxygens (including phenoxy) is 1. The number of likely N-dealkylation sites (tertiary alicyclic amines) is 1. The summed E-state index contributed by atoms with van der Waals surface area (Å²) in [5.41, 5.74) is 1.84. The standard InChI is InChI=1S/C22H22N2O6/c1-12(24-20(27)15-5-3-4-6-16(15)21(24)28)22(29)30-11-18(25)13-7-8-17-14(9-13)10-19(26)23(17)2/h3-4,7-9,12,15-16H,5-6,10-11H2,1-2H3/t12-,15-,16-/m0/s1. The Kier molecular flexibility index (Phi) is 5.01. The third kappa shape index (κ3) is 3.22. The average molecular weight is 410 g/mol. The van der Waals surface area contributed by atoms with Gasteiger partial charge in [0.2, 0.25) is 17.7 Å². The molecule has 8 heteroatoms. The molecule has 0 bridgehead atoms. The largest absolute Gasteiger partial charge is 0.456 e. The summed E-state index contributed by atoms with van der Waals surface area (Å²) in [5, 5.41) is 0. The van der Waals surface area contributed by atoms with Crippen molar-refractivity contribution < 1.29 is 28.7 Å². The summed E-state index contributed by atoms with van der Waals surface area (Å²) in [6.07, 6.45) is 4.95. The number of fused-ring (bicyclic) bond motifs is 2. The quantitative estimate of drug-likeness (QED) is 0.314. The summed E-state index contributed by atoms with van der Waals surface area (Å²) >= 11 is 0. The van der Waals surface area contributed by atoms with Gasteiger partial charge in [-0.1, -0.05) is 12.2 Å². The maximum Gasteiger partial charge on any atom is 0.329 e. The van der Waals surface area contributed by atoms with E-state index in [1.807, 2.05) is 12.2 Å². The molecular formula is C22H22N2O6. The van der Waals surface area contributed by atoms with Gasteiger partial charge in [0.25, 0.3) is 0 Å². The van der Waals surface area contributed by atoms with Crippen molar-refractivity contribution in [3.8, 4) is 0 Å². The Bertz CT molecular complexity index is 971. The second kappa shape index (κ2) is 7.51. The zero-order valence-corrected chi connectivity index (χ0v) is 16.8. The molecule has 2 heterocycles. The molecule has 2 aliphatic heterocycles. The molecule has 0 unspecified atom stereocenters. The molecule has 8 nitrogen and oxygen atoms in total. The highest BCUT2D eigenvalue weighted by Crippen LogP contribution is 2.36. The lowest BCUT2D eigenvalue weighted by atomic mass is 9.85. The number of imide groups is 1. The van der Waals surface area contributed by atoms with E-state index in [9.17, 15) is 24.0 Å². The van der Waals surface area contributed by atoms with Gasteiger partial charge in [-0.25, -0.2) is 4.79 Å². The van der Waals surface area contributed by atoms with Gasteiger partial charge in [0, 0.05) is 18.3 Å². The van der Waals surface area contributed by atoms with Crippen molar-refractivity contribution in [3.05, 3.63) is 41.5 Å². The third-order valence-corrected chi connectivity index (χ3v) is 6.09. The van der Waals surface area contributed by atoms with Crippen LogP contribution < -0.4 is 4.90 Å². The molecule has 156 valence electrons. The van der Waals surface area contributed by atoms with E-state index < -0.39 is 36.2 Å². The summed E-state index contributed by atoms with van der Waals surface area (Å²) in [7, 11) is 1.67. The van der Waals surface area contributed by atoms with Gasteiger partial charge in [0.1, 0.15) is 6.04 Å². The van der Waals surface area contributed by atoms with Crippen LogP contribution in [0.2, 0.25) is 0 Å². The molecule has 4 rings (SSSR count). The Morgan fingerprint density at radius 3 is 2.37 bits per heavy atom. The van der Waals surface area contributed by atoms with Crippen molar-refractivity contribution in [1.82, 2.24) is 4.90 Å². The Morgan fingerprint density at radius 1 is 1.10 bits per heavy atom. The van der Waals surface area contributed by atoms with E-state index in [0.717, 1.165) is 16.2 Å². The van der Waals surface area contributed by atoms with Crippen molar-refractivity contribution in [2.24, 2.45) is 11.8 Å². The van der Waals surface area contributed by atoms with Gasteiger partial charge in [-0.3, -0.25) is 24.1 Å². The van der Waals surface area contributed by atoms with Crippen LogP contribution in [0.3, 0.4) is 0 Å². The molecule has 3 aliphatic rings. The molecule has 0 radical (unpaired) electrons.